The molecule has 0 aliphatic heterocycles. The zero-order valence-corrected chi connectivity index (χ0v) is 17.7. The van der Waals surface area contributed by atoms with E-state index < -0.39 is 0 Å². The average Bonchev–Trinajstić information content (AvgIpc) is 3.33. The van der Waals surface area contributed by atoms with Crippen LogP contribution in [0, 0.1) is 0 Å². The summed E-state index contributed by atoms with van der Waals surface area (Å²) in [5.74, 6) is 0. The molecule has 0 spiro atoms. The van der Waals surface area contributed by atoms with Crippen molar-refractivity contribution in [1.82, 2.24) is 14.8 Å². The maximum atomic E-state index is 4.09. The zero-order chi connectivity index (χ0) is 15.5. The van der Waals surface area contributed by atoms with E-state index in [0.29, 0.717) is 0 Å². The molecule has 6 heteroatoms. The molecule has 4 aromatic carbocycles. The van der Waals surface area contributed by atoms with Gasteiger partial charge in [0.2, 0.25) is 0 Å². The molecule has 0 bridgehead atoms. The van der Waals surface area contributed by atoms with E-state index in [2.05, 4.69) is 76.8 Å². The van der Waals surface area contributed by atoms with Crippen molar-refractivity contribution in [3.05, 3.63) is 91.5 Å². The van der Waals surface area contributed by atoms with Gasteiger partial charge in [-0.2, -0.15) is 22.6 Å². The predicted molar refractivity (Wildman–Crippen MR) is 94.0 cm³/mol. The minimum absolute atomic E-state index is 0. The van der Waals surface area contributed by atoms with Gasteiger partial charge in [-0.05, 0) is 5.69 Å². The molecule has 0 saturated carbocycles. The Morgan fingerprint density at radius 3 is 2.15 bits per heavy atom. The van der Waals surface area contributed by atoms with E-state index in [9.17, 15) is 0 Å². The summed E-state index contributed by atoms with van der Waals surface area (Å²) in [7, 11) is 0. The molecule has 128 valence electrons. The minimum atomic E-state index is 0. The predicted octanol–water partition coefficient (Wildman–Crippen LogP) is -1.30. The Balaban J connectivity index is 0.000000250. The first-order chi connectivity index (χ1) is 11.4. The number of hydrogen-bond donors (Lipinski definition) is 0. The van der Waals surface area contributed by atoms with Crippen molar-refractivity contribution in [1.29, 1.82) is 0 Å². The summed E-state index contributed by atoms with van der Waals surface area (Å²) in [5, 5.41) is 9.22. The minimum Gasteiger partial charge on any atom is -1.00 e. The zero-order valence-electron chi connectivity index (χ0n) is 13.8. The van der Waals surface area contributed by atoms with Crippen molar-refractivity contribution in [2.75, 3.05) is 0 Å². The molecule has 1 heterocycles. The SMILES string of the molecule is [Cl-].[Cl-].[Zr+4].c1ccc2[cH-]c(-n3cncn3)cc2c1.c1ccc2[cH-]ccc2c1. The molecule has 0 fully saturated rings. The van der Waals surface area contributed by atoms with Gasteiger partial charge in [0, 0.05) is 0 Å². The monoisotopic (exact) mass is 457 g/mol. The topological polar surface area (TPSA) is 30.7 Å². The van der Waals surface area contributed by atoms with Crippen molar-refractivity contribution in [3.8, 4) is 5.69 Å². The van der Waals surface area contributed by atoms with E-state index in [1.807, 2.05) is 12.1 Å². The molecular formula is C20H15Cl2N3Zr. The van der Waals surface area contributed by atoms with Crippen molar-refractivity contribution >= 4 is 21.5 Å². The second kappa shape index (κ2) is 10.4. The van der Waals surface area contributed by atoms with Gasteiger partial charge in [0.15, 0.2) is 0 Å². The van der Waals surface area contributed by atoms with Gasteiger partial charge in [0.25, 0.3) is 0 Å². The summed E-state index contributed by atoms with van der Waals surface area (Å²) in [5.41, 5.74) is 1.06. The maximum Gasteiger partial charge on any atom is 4.00 e. The number of halogens is 2. The van der Waals surface area contributed by atoms with E-state index in [1.165, 1.54) is 27.9 Å². The summed E-state index contributed by atoms with van der Waals surface area (Å²) >= 11 is 0. The van der Waals surface area contributed by atoms with Gasteiger partial charge >= 0.3 is 26.2 Å². The molecule has 0 amide bonds. The number of aromatic nitrogens is 3. The fraction of sp³-hybridized carbons (Fsp3) is 0. The normalized spacial score (nSPS) is 9.38. The van der Waals surface area contributed by atoms with Crippen LogP contribution in [-0.4, -0.2) is 14.8 Å². The van der Waals surface area contributed by atoms with E-state index in [4.69, 9.17) is 0 Å². The first-order valence-electron chi connectivity index (χ1n) is 7.51. The molecule has 0 unspecified atom stereocenters. The van der Waals surface area contributed by atoms with Crippen LogP contribution in [-0.2, 0) is 26.2 Å². The summed E-state index contributed by atoms with van der Waals surface area (Å²) in [6.07, 6.45) is 3.24. The fourth-order valence-electron chi connectivity index (χ4n) is 2.68. The van der Waals surface area contributed by atoms with Gasteiger partial charge in [-0.3, -0.25) is 0 Å². The molecule has 26 heavy (non-hydrogen) atoms. The molecule has 3 nitrogen and oxygen atoms in total. The third-order valence-corrected chi connectivity index (χ3v) is 3.83. The number of rotatable bonds is 1. The maximum absolute atomic E-state index is 4.09. The molecule has 0 saturated heterocycles. The number of hydrogen-bond acceptors (Lipinski definition) is 2. The van der Waals surface area contributed by atoms with Gasteiger partial charge in [0.05, 0.1) is 0 Å². The Morgan fingerprint density at radius 1 is 0.808 bits per heavy atom. The molecule has 1 aromatic heterocycles. The Kier molecular flexibility index (Phi) is 8.94. The molecule has 0 atom stereocenters. The standard InChI is InChI=1S/C11H8N3.C9H7.2ClH.Zr/c1-2-4-10-6-11(5-9(10)3-1)14-8-12-7-13-14;1-2-5-9-7-3-6-8(9)4-1;;;/h1-8H;1-7H;2*1H;/q2*-1;;;+4/p-2. The van der Waals surface area contributed by atoms with Crippen LogP contribution >= 0.6 is 0 Å². The van der Waals surface area contributed by atoms with Gasteiger partial charge in [-0.15, -0.1) is 70.8 Å². The van der Waals surface area contributed by atoms with Crippen LogP contribution in [0.1, 0.15) is 0 Å². The molecule has 0 N–H and O–H groups in total. The Bertz CT molecular complexity index is 972. The van der Waals surface area contributed by atoms with E-state index in [1.54, 1.807) is 11.0 Å². The molecule has 0 aliphatic carbocycles. The number of nitrogens with zero attached hydrogens (tertiary/aromatic N) is 3. The first-order valence-corrected chi connectivity index (χ1v) is 7.51. The van der Waals surface area contributed by atoms with Crippen molar-refractivity contribution < 1.29 is 51.0 Å². The van der Waals surface area contributed by atoms with Crippen molar-refractivity contribution in [2.45, 2.75) is 0 Å². The average molecular weight is 459 g/mol. The molecule has 0 aliphatic rings. The summed E-state index contributed by atoms with van der Waals surface area (Å²) < 4.78 is 1.76. The van der Waals surface area contributed by atoms with Crippen LogP contribution in [0.3, 0.4) is 0 Å². The number of fused-ring (bicyclic) bond motifs is 2. The van der Waals surface area contributed by atoms with Crippen LogP contribution in [0.4, 0.5) is 0 Å². The van der Waals surface area contributed by atoms with Crippen LogP contribution in [0.25, 0.3) is 27.2 Å². The molecule has 5 rings (SSSR count). The van der Waals surface area contributed by atoms with E-state index in [0.717, 1.165) is 5.69 Å². The smallest absolute Gasteiger partial charge is 1.00 e. The summed E-state index contributed by atoms with van der Waals surface area (Å²) in [4.78, 5) is 3.92. The summed E-state index contributed by atoms with van der Waals surface area (Å²) in [6.45, 7) is 0. The van der Waals surface area contributed by atoms with E-state index in [-0.39, 0.29) is 51.0 Å². The Hall–Kier alpha value is -1.74. The largest absolute Gasteiger partial charge is 4.00 e. The molecule has 0 radical (unpaired) electrons. The van der Waals surface area contributed by atoms with Gasteiger partial charge in [-0.25, -0.2) is 9.67 Å². The Morgan fingerprint density at radius 2 is 1.50 bits per heavy atom. The van der Waals surface area contributed by atoms with Crippen LogP contribution in [0.15, 0.2) is 91.5 Å². The van der Waals surface area contributed by atoms with Gasteiger partial charge in [0.1, 0.15) is 12.7 Å². The Labute approximate surface area is 183 Å². The second-order valence-corrected chi connectivity index (χ2v) is 5.34. The fourth-order valence-corrected chi connectivity index (χ4v) is 2.68. The van der Waals surface area contributed by atoms with Gasteiger partial charge < -0.3 is 24.8 Å². The van der Waals surface area contributed by atoms with Gasteiger partial charge in [-0.1, -0.05) is 12.1 Å². The second-order valence-electron chi connectivity index (χ2n) is 5.34. The van der Waals surface area contributed by atoms with Crippen LogP contribution < -0.4 is 24.8 Å². The summed E-state index contributed by atoms with van der Waals surface area (Å²) in [6, 6.07) is 27.1. The molecule has 5 aromatic rings. The quantitative estimate of drug-likeness (QED) is 0.292. The molecular weight excluding hydrogens is 444 g/mol. The first kappa shape index (κ1) is 22.3. The van der Waals surface area contributed by atoms with Crippen molar-refractivity contribution in [2.24, 2.45) is 0 Å². The van der Waals surface area contributed by atoms with Crippen LogP contribution in [0.5, 0.6) is 0 Å². The van der Waals surface area contributed by atoms with Crippen molar-refractivity contribution in [3.63, 3.8) is 0 Å². The third kappa shape index (κ3) is 4.91. The third-order valence-electron chi connectivity index (χ3n) is 3.83. The number of benzene rings is 2. The van der Waals surface area contributed by atoms with Crippen LogP contribution in [0.2, 0.25) is 0 Å². The van der Waals surface area contributed by atoms with E-state index >= 15 is 0 Å².